The molecule has 0 saturated heterocycles. The molecule has 5 rings (SSSR count). The van der Waals surface area contributed by atoms with Gasteiger partial charge in [-0.05, 0) is 30.3 Å². The molecule has 0 unspecified atom stereocenters. The van der Waals surface area contributed by atoms with E-state index in [-0.39, 0.29) is 6.10 Å². The van der Waals surface area contributed by atoms with Crippen molar-refractivity contribution in [3.63, 3.8) is 0 Å². The number of benzene rings is 2. The van der Waals surface area contributed by atoms with Gasteiger partial charge in [-0.25, -0.2) is 0 Å². The van der Waals surface area contributed by atoms with Gasteiger partial charge in [0.2, 0.25) is 4.96 Å². The van der Waals surface area contributed by atoms with Crippen molar-refractivity contribution in [3.05, 3.63) is 48.3 Å². The van der Waals surface area contributed by atoms with E-state index in [1.54, 1.807) is 18.7 Å². The SMILES string of the molecule is COc1ccc(-c2nn3c([C@H]4COc5ccccc5O4)nnc3s2)cc1OC. The Kier molecular flexibility index (Phi) is 4.01. The molecule has 142 valence electrons. The van der Waals surface area contributed by atoms with Crippen LogP contribution < -0.4 is 18.9 Å². The molecule has 2 aromatic heterocycles. The second kappa shape index (κ2) is 6.68. The Morgan fingerprint density at radius 1 is 1.04 bits per heavy atom. The molecule has 0 radical (unpaired) electrons. The summed E-state index contributed by atoms with van der Waals surface area (Å²) in [5.74, 6) is 3.33. The molecule has 1 aliphatic heterocycles. The number of nitrogens with zero attached hydrogens (tertiary/aromatic N) is 4. The van der Waals surface area contributed by atoms with Crippen LogP contribution in [0.3, 0.4) is 0 Å². The van der Waals surface area contributed by atoms with Crippen LogP contribution >= 0.6 is 11.3 Å². The van der Waals surface area contributed by atoms with Gasteiger partial charge in [0.05, 0.1) is 14.2 Å². The molecule has 0 spiro atoms. The minimum Gasteiger partial charge on any atom is -0.493 e. The molecule has 4 aromatic rings. The summed E-state index contributed by atoms with van der Waals surface area (Å²) in [6, 6.07) is 13.2. The van der Waals surface area contributed by atoms with Crippen molar-refractivity contribution in [2.75, 3.05) is 20.8 Å². The third kappa shape index (κ3) is 2.71. The maximum atomic E-state index is 6.05. The van der Waals surface area contributed by atoms with Crippen LogP contribution in [0, 0.1) is 0 Å². The predicted molar refractivity (Wildman–Crippen MR) is 103 cm³/mol. The lowest BCUT2D eigenvalue weighted by molar-refractivity contribution is 0.0836. The zero-order valence-electron chi connectivity index (χ0n) is 15.2. The number of fused-ring (bicyclic) bond motifs is 2. The fourth-order valence-electron chi connectivity index (χ4n) is 3.07. The van der Waals surface area contributed by atoms with Crippen molar-refractivity contribution in [2.24, 2.45) is 0 Å². The van der Waals surface area contributed by atoms with Gasteiger partial charge in [-0.1, -0.05) is 23.5 Å². The second-order valence-electron chi connectivity index (χ2n) is 6.09. The van der Waals surface area contributed by atoms with Gasteiger partial charge in [0.15, 0.2) is 34.9 Å². The first kappa shape index (κ1) is 16.8. The lowest BCUT2D eigenvalue weighted by atomic mass is 10.2. The Morgan fingerprint density at radius 3 is 2.68 bits per heavy atom. The largest absolute Gasteiger partial charge is 0.493 e. The highest BCUT2D eigenvalue weighted by molar-refractivity contribution is 7.19. The topological polar surface area (TPSA) is 80.0 Å². The van der Waals surface area contributed by atoms with E-state index in [1.165, 1.54) is 11.3 Å². The van der Waals surface area contributed by atoms with E-state index in [9.17, 15) is 0 Å². The van der Waals surface area contributed by atoms with E-state index < -0.39 is 0 Å². The minimum atomic E-state index is -0.384. The van der Waals surface area contributed by atoms with E-state index in [0.717, 1.165) is 16.3 Å². The third-order valence-corrected chi connectivity index (χ3v) is 5.39. The Hall–Kier alpha value is -3.33. The summed E-state index contributed by atoms with van der Waals surface area (Å²) in [4.78, 5) is 0.683. The average Bonchev–Trinajstić information content (AvgIpc) is 3.34. The fourth-order valence-corrected chi connectivity index (χ4v) is 3.91. The number of para-hydroxylation sites is 2. The highest BCUT2D eigenvalue weighted by Gasteiger charge is 2.28. The van der Waals surface area contributed by atoms with E-state index in [0.29, 0.717) is 34.6 Å². The smallest absolute Gasteiger partial charge is 0.235 e. The molecule has 8 nitrogen and oxygen atoms in total. The first-order chi connectivity index (χ1) is 13.8. The normalized spacial score (nSPS) is 15.6. The Balaban J connectivity index is 1.50. The van der Waals surface area contributed by atoms with E-state index in [4.69, 9.17) is 18.9 Å². The number of rotatable bonds is 4. The van der Waals surface area contributed by atoms with Crippen molar-refractivity contribution in [3.8, 4) is 33.6 Å². The number of methoxy groups -OCH3 is 2. The highest BCUT2D eigenvalue weighted by atomic mass is 32.1. The summed E-state index contributed by atoms with van der Waals surface area (Å²) in [5, 5.41) is 14.0. The number of aromatic nitrogens is 4. The van der Waals surface area contributed by atoms with E-state index in [1.807, 2.05) is 42.5 Å². The molecule has 0 aliphatic carbocycles. The molecule has 0 saturated carbocycles. The number of hydrogen-bond donors (Lipinski definition) is 0. The highest BCUT2D eigenvalue weighted by Crippen LogP contribution is 2.37. The molecule has 3 heterocycles. The van der Waals surface area contributed by atoms with Crippen molar-refractivity contribution in [2.45, 2.75) is 6.10 Å². The monoisotopic (exact) mass is 396 g/mol. The van der Waals surface area contributed by atoms with Gasteiger partial charge in [-0.2, -0.15) is 9.61 Å². The second-order valence-corrected chi connectivity index (χ2v) is 7.05. The quantitative estimate of drug-likeness (QED) is 0.523. The summed E-state index contributed by atoms with van der Waals surface area (Å²) in [5.41, 5.74) is 0.908. The molecule has 0 N–H and O–H groups in total. The maximum Gasteiger partial charge on any atom is 0.235 e. The van der Waals surface area contributed by atoms with Crippen molar-refractivity contribution >= 4 is 16.3 Å². The molecule has 1 aliphatic rings. The van der Waals surface area contributed by atoms with E-state index in [2.05, 4.69) is 15.3 Å². The zero-order chi connectivity index (χ0) is 19.1. The molecule has 0 bridgehead atoms. The molecular formula is C19H16N4O4S. The van der Waals surface area contributed by atoms with Crippen molar-refractivity contribution in [1.29, 1.82) is 0 Å². The Bertz CT molecular complexity index is 1160. The van der Waals surface area contributed by atoms with Crippen LogP contribution in [0.5, 0.6) is 23.0 Å². The maximum absolute atomic E-state index is 6.05. The molecule has 0 amide bonds. The van der Waals surface area contributed by atoms with Gasteiger partial charge >= 0.3 is 0 Å². The first-order valence-electron chi connectivity index (χ1n) is 8.60. The van der Waals surface area contributed by atoms with Gasteiger partial charge in [0.25, 0.3) is 0 Å². The minimum absolute atomic E-state index is 0.348. The average molecular weight is 396 g/mol. The van der Waals surface area contributed by atoms with Crippen LogP contribution in [-0.2, 0) is 0 Å². The number of ether oxygens (including phenoxy) is 4. The van der Waals surface area contributed by atoms with Gasteiger partial charge in [-0.15, -0.1) is 10.2 Å². The lowest BCUT2D eigenvalue weighted by Crippen LogP contribution is -2.23. The fraction of sp³-hybridized carbons (Fsp3) is 0.211. The van der Waals surface area contributed by atoms with Gasteiger partial charge in [0, 0.05) is 5.56 Å². The van der Waals surface area contributed by atoms with Crippen LogP contribution in [-0.4, -0.2) is 40.6 Å². The molecule has 2 aromatic carbocycles. The van der Waals surface area contributed by atoms with Crippen molar-refractivity contribution in [1.82, 2.24) is 19.8 Å². The van der Waals surface area contributed by atoms with Gasteiger partial charge in [0.1, 0.15) is 11.6 Å². The Labute approximate surface area is 164 Å². The Morgan fingerprint density at radius 2 is 1.86 bits per heavy atom. The van der Waals surface area contributed by atoms with Crippen LogP contribution in [0.15, 0.2) is 42.5 Å². The molecule has 1 atom stereocenters. The number of hydrogen-bond acceptors (Lipinski definition) is 8. The molecular weight excluding hydrogens is 380 g/mol. The van der Waals surface area contributed by atoms with Crippen LogP contribution in [0.25, 0.3) is 15.5 Å². The summed E-state index contributed by atoms with van der Waals surface area (Å²) in [6.07, 6.45) is -0.384. The standard InChI is InChI=1S/C19H16N4O4S/c1-24-12-8-7-11(9-15(12)25-2)18-22-23-17(20-21-19(23)28-18)16-10-26-13-5-3-4-6-14(13)27-16/h3-9,16H,10H2,1-2H3/t16-/m1/s1. The van der Waals surface area contributed by atoms with Gasteiger partial charge in [-0.3, -0.25) is 0 Å². The summed E-state index contributed by atoms with van der Waals surface area (Å²) < 4.78 is 24.2. The summed E-state index contributed by atoms with van der Waals surface area (Å²) >= 11 is 1.44. The predicted octanol–water partition coefficient (Wildman–Crippen LogP) is 3.38. The van der Waals surface area contributed by atoms with Crippen LogP contribution in [0.2, 0.25) is 0 Å². The van der Waals surface area contributed by atoms with E-state index >= 15 is 0 Å². The first-order valence-corrected chi connectivity index (χ1v) is 9.41. The zero-order valence-corrected chi connectivity index (χ0v) is 16.0. The third-order valence-electron chi connectivity index (χ3n) is 4.44. The summed E-state index contributed by atoms with van der Waals surface area (Å²) in [6.45, 7) is 0.348. The molecule has 9 heteroatoms. The summed E-state index contributed by atoms with van der Waals surface area (Å²) in [7, 11) is 3.22. The lowest BCUT2D eigenvalue weighted by Gasteiger charge is -2.24. The van der Waals surface area contributed by atoms with Crippen LogP contribution in [0.4, 0.5) is 0 Å². The molecule has 28 heavy (non-hydrogen) atoms. The van der Waals surface area contributed by atoms with Crippen LogP contribution in [0.1, 0.15) is 11.9 Å². The molecule has 0 fully saturated rings. The van der Waals surface area contributed by atoms with Crippen molar-refractivity contribution < 1.29 is 18.9 Å². The van der Waals surface area contributed by atoms with Gasteiger partial charge < -0.3 is 18.9 Å².